The molecule has 11 heavy (non-hydrogen) atoms. The molecule has 0 spiro atoms. The molecule has 0 fully saturated rings. The second-order valence-corrected chi connectivity index (χ2v) is 2.48. The smallest absolute Gasteiger partial charge is 0.118 e. The Balaban J connectivity index is 2.76. The topological polar surface area (TPSA) is 38.0 Å². The third-order valence-electron chi connectivity index (χ3n) is 1.53. The molecule has 0 bridgehead atoms. The Bertz CT molecular complexity index is 236. The maximum atomic E-state index is 8.96. The molecule has 2 unspecified atom stereocenters. The molecular formula is C6H8B2N2O. The van der Waals surface area contributed by atoms with E-state index >= 15 is 0 Å². The molecule has 0 aliphatic heterocycles. The fourth-order valence-corrected chi connectivity index (χ4v) is 0.732. The highest BCUT2D eigenvalue weighted by atomic mass is 16.3. The maximum absolute atomic E-state index is 8.96. The highest BCUT2D eigenvalue weighted by Crippen LogP contribution is 2.04. The Labute approximate surface area is 68.2 Å². The average Bonchev–Trinajstić information content (AvgIpc) is 2.34. The Morgan fingerprint density at radius 1 is 1.73 bits per heavy atom. The van der Waals surface area contributed by atoms with E-state index in [1.165, 1.54) is 10.9 Å². The fourth-order valence-electron chi connectivity index (χ4n) is 0.732. The quantitative estimate of drug-likeness (QED) is 0.527. The summed E-state index contributed by atoms with van der Waals surface area (Å²) in [4.78, 5) is 0. The van der Waals surface area contributed by atoms with E-state index in [1.807, 2.05) is 0 Å². The second-order valence-electron chi connectivity index (χ2n) is 2.48. The molecule has 0 saturated heterocycles. The standard InChI is InChI=1S/C6H8B2N2O/c1-4(6(8)11)10-3-5(7)2-9-10/h2-4,6,11H,1H3. The lowest BCUT2D eigenvalue weighted by Crippen LogP contribution is -2.22. The Morgan fingerprint density at radius 2 is 2.36 bits per heavy atom. The molecule has 4 radical (unpaired) electrons. The van der Waals surface area contributed by atoms with Crippen LogP contribution in [-0.4, -0.2) is 36.6 Å². The molecule has 1 aromatic rings. The third kappa shape index (κ3) is 1.87. The van der Waals surface area contributed by atoms with Crippen LogP contribution in [0.2, 0.25) is 0 Å². The van der Waals surface area contributed by atoms with Crippen molar-refractivity contribution in [2.24, 2.45) is 0 Å². The minimum atomic E-state index is -0.908. The first kappa shape index (κ1) is 8.40. The lowest BCUT2D eigenvalue weighted by molar-refractivity contribution is 0.188. The summed E-state index contributed by atoms with van der Waals surface area (Å²) in [5.74, 6) is 0. The number of aliphatic hydroxyl groups excluding tert-OH is 1. The highest BCUT2D eigenvalue weighted by Gasteiger charge is 2.09. The van der Waals surface area contributed by atoms with Gasteiger partial charge >= 0.3 is 0 Å². The van der Waals surface area contributed by atoms with Crippen LogP contribution in [0.1, 0.15) is 13.0 Å². The van der Waals surface area contributed by atoms with Crippen molar-refractivity contribution in [3.63, 3.8) is 0 Å². The fraction of sp³-hybridized carbons (Fsp3) is 0.500. The van der Waals surface area contributed by atoms with Gasteiger partial charge in [0.05, 0.1) is 6.04 Å². The summed E-state index contributed by atoms with van der Waals surface area (Å²) in [6.45, 7) is 1.76. The number of nitrogens with zero attached hydrogens (tertiary/aromatic N) is 2. The molecule has 5 heteroatoms. The highest BCUT2D eigenvalue weighted by molar-refractivity contribution is 6.31. The van der Waals surface area contributed by atoms with E-state index < -0.39 is 6.00 Å². The zero-order valence-corrected chi connectivity index (χ0v) is 6.31. The number of hydrogen-bond donors (Lipinski definition) is 1. The van der Waals surface area contributed by atoms with Gasteiger partial charge in [0.25, 0.3) is 0 Å². The van der Waals surface area contributed by atoms with Crippen molar-refractivity contribution < 1.29 is 5.11 Å². The van der Waals surface area contributed by atoms with Crippen LogP contribution in [0.25, 0.3) is 0 Å². The Kier molecular flexibility index (Phi) is 2.39. The van der Waals surface area contributed by atoms with Crippen LogP contribution in [0.4, 0.5) is 0 Å². The largest absolute Gasteiger partial charge is 0.401 e. The first-order valence-corrected chi connectivity index (χ1v) is 3.34. The van der Waals surface area contributed by atoms with Crippen LogP contribution in [0.3, 0.4) is 0 Å². The predicted molar refractivity (Wildman–Crippen MR) is 44.1 cm³/mol. The van der Waals surface area contributed by atoms with Crippen molar-refractivity contribution in [1.82, 2.24) is 9.78 Å². The summed E-state index contributed by atoms with van der Waals surface area (Å²) >= 11 is 0. The summed E-state index contributed by atoms with van der Waals surface area (Å²) in [5, 5.41) is 12.8. The van der Waals surface area contributed by atoms with Gasteiger partial charge in [0, 0.05) is 18.4 Å². The van der Waals surface area contributed by atoms with Crippen LogP contribution in [0, 0.1) is 0 Å². The number of hydrogen-bond acceptors (Lipinski definition) is 2. The van der Waals surface area contributed by atoms with E-state index in [0.717, 1.165) is 0 Å². The molecule has 1 aromatic heterocycles. The molecule has 0 aliphatic carbocycles. The van der Waals surface area contributed by atoms with Crippen molar-refractivity contribution in [2.75, 3.05) is 0 Å². The van der Waals surface area contributed by atoms with Crippen molar-refractivity contribution in [1.29, 1.82) is 0 Å². The van der Waals surface area contributed by atoms with Gasteiger partial charge in [-0.25, -0.2) is 0 Å². The molecular weight excluding hydrogens is 138 g/mol. The SMILES string of the molecule is [B]c1cnn(C(C)C([B])O)c1. The van der Waals surface area contributed by atoms with Gasteiger partial charge in [-0.15, -0.1) is 0 Å². The van der Waals surface area contributed by atoms with Gasteiger partial charge in [0.2, 0.25) is 0 Å². The van der Waals surface area contributed by atoms with Gasteiger partial charge in [-0.3, -0.25) is 4.68 Å². The minimum Gasteiger partial charge on any atom is -0.401 e. The summed E-state index contributed by atoms with van der Waals surface area (Å²) < 4.78 is 1.53. The van der Waals surface area contributed by atoms with Crippen LogP contribution in [0.15, 0.2) is 12.4 Å². The van der Waals surface area contributed by atoms with Crippen molar-refractivity contribution in [2.45, 2.75) is 19.0 Å². The minimum absolute atomic E-state index is 0.243. The average molecular weight is 146 g/mol. The molecule has 0 amide bonds. The first-order chi connectivity index (χ1) is 5.11. The van der Waals surface area contributed by atoms with Gasteiger partial charge in [-0.1, -0.05) is 5.46 Å². The molecule has 0 saturated carbocycles. The van der Waals surface area contributed by atoms with Crippen LogP contribution < -0.4 is 5.46 Å². The van der Waals surface area contributed by atoms with E-state index in [4.69, 9.17) is 20.8 Å². The predicted octanol–water partition coefficient (Wildman–Crippen LogP) is -1.28. The molecule has 1 rings (SSSR count). The Morgan fingerprint density at radius 3 is 2.73 bits per heavy atom. The molecule has 0 aromatic carbocycles. The molecule has 1 heterocycles. The first-order valence-electron chi connectivity index (χ1n) is 3.34. The van der Waals surface area contributed by atoms with E-state index in [9.17, 15) is 0 Å². The molecule has 0 aliphatic rings. The lowest BCUT2D eigenvalue weighted by Gasteiger charge is -2.14. The number of rotatable bonds is 2. The van der Waals surface area contributed by atoms with Crippen molar-refractivity contribution in [3.05, 3.63) is 12.4 Å². The lowest BCUT2D eigenvalue weighted by atomic mass is 9.94. The number of aliphatic hydroxyl groups is 1. The van der Waals surface area contributed by atoms with Gasteiger partial charge in [-0.2, -0.15) is 5.10 Å². The van der Waals surface area contributed by atoms with E-state index in [-0.39, 0.29) is 6.04 Å². The van der Waals surface area contributed by atoms with Gasteiger partial charge in [0.15, 0.2) is 0 Å². The van der Waals surface area contributed by atoms with Crippen LogP contribution in [0.5, 0.6) is 0 Å². The monoisotopic (exact) mass is 146 g/mol. The summed E-state index contributed by atoms with van der Waals surface area (Å²) in [6, 6.07) is -1.15. The summed E-state index contributed by atoms with van der Waals surface area (Å²) in [6.07, 6.45) is 3.14. The zero-order valence-electron chi connectivity index (χ0n) is 6.31. The van der Waals surface area contributed by atoms with Crippen LogP contribution >= 0.6 is 0 Å². The Hall–Kier alpha value is -0.700. The molecule has 54 valence electrons. The van der Waals surface area contributed by atoms with E-state index in [1.54, 1.807) is 13.1 Å². The van der Waals surface area contributed by atoms with Gasteiger partial charge < -0.3 is 5.11 Å². The third-order valence-corrected chi connectivity index (χ3v) is 1.53. The van der Waals surface area contributed by atoms with E-state index in [0.29, 0.717) is 5.46 Å². The summed E-state index contributed by atoms with van der Waals surface area (Å²) in [7, 11) is 10.6. The summed E-state index contributed by atoms with van der Waals surface area (Å²) in [5.41, 5.74) is 0.567. The maximum Gasteiger partial charge on any atom is 0.118 e. The van der Waals surface area contributed by atoms with Crippen molar-refractivity contribution >= 4 is 21.2 Å². The molecule has 1 N–H and O–H groups in total. The van der Waals surface area contributed by atoms with Crippen LogP contribution in [-0.2, 0) is 0 Å². The van der Waals surface area contributed by atoms with E-state index in [2.05, 4.69) is 5.10 Å². The molecule has 2 atom stereocenters. The van der Waals surface area contributed by atoms with Gasteiger partial charge in [-0.05, 0) is 6.92 Å². The second kappa shape index (κ2) is 3.13. The molecule has 3 nitrogen and oxygen atoms in total. The van der Waals surface area contributed by atoms with Crippen molar-refractivity contribution in [3.8, 4) is 0 Å². The number of aromatic nitrogens is 2. The normalized spacial score (nSPS) is 16.2. The van der Waals surface area contributed by atoms with Gasteiger partial charge in [0.1, 0.15) is 15.7 Å². The zero-order chi connectivity index (χ0) is 8.43.